The highest BCUT2D eigenvalue weighted by Gasteiger charge is 2.29. The lowest BCUT2D eigenvalue weighted by molar-refractivity contribution is -0.109. The average molecular weight is 188 g/mol. The zero-order chi connectivity index (χ0) is 9.97. The van der Waals surface area contributed by atoms with Gasteiger partial charge in [0.25, 0.3) is 0 Å². The van der Waals surface area contributed by atoms with E-state index in [9.17, 15) is 4.79 Å². The summed E-state index contributed by atoms with van der Waals surface area (Å²) in [6.07, 6.45) is 4.20. The van der Waals surface area contributed by atoms with Gasteiger partial charge in [0.1, 0.15) is 6.29 Å². The summed E-state index contributed by atoms with van der Waals surface area (Å²) in [5.41, 5.74) is 2.76. The van der Waals surface area contributed by atoms with Gasteiger partial charge in [-0.15, -0.1) is 0 Å². The van der Waals surface area contributed by atoms with Crippen LogP contribution in [0.1, 0.15) is 36.3 Å². The largest absolute Gasteiger partial charge is 0.303 e. The lowest BCUT2D eigenvalue weighted by atomic mass is 9.70. The van der Waals surface area contributed by atoms with Crippen molar-refractivity contribution < 1.29 is 4.79 Å². The summed E-state index contributed by atoms with van der Waals surface area (Å²) in [5, 5.41) is 0. The molecule has 0 heterocycles. The number of benzene rings is 1. The number of aldehydes is 1. The molecule has 0 unspecified atom stereocenters. The van der Waals surface area contributed by atoms with Crippen molar-refractivity contribution in [3.05, 3.63) is 35.4 Å². The van der Waals surface area contributed by atoms with Crippen LogP contribution in [0, 0.1) is 12.8 Å². The highest BCUT2D eigenvalue weighted by atomic mass is 16.1. The maximum atomic E-state index is 10.3. The van der Waals surface area contributed by atoms with Gasteiger partial charge < -0.3 is 4.79 Å². The van der Waals surface area contributed by atoms with Gasteiger partial charge in [-0.1, -0.05) is 29.8 Å². The smallest absolute Gasteiger partial charge is 0.120 e. The molecule has 74 valence electrons. The second-order valence-corrected chi connectivity index (χ2v) is 4.35. The Morgan fingerprint density at radius 3 is 2.50 bits per heavy atom. The Balaban J connectivity index is 1.93. The van der Waals surface area contributed by atoms with Gasteiger partial charge in [-0.3, -0.25) is 0 Å². The molecule has 1 fully saturated rings. The van der Waals surface area contributed by atoms with E-state index in [0.717, 1.165) is 12.7 Å². The van der Waals surface area contributed by atoms with Gasteiger partial charge in [-0.05, 0) is 37.2 Å². The molecular weight excluding hydrogens is 172 g/mol. The molecule has 0 saturated heterocycles. The van der Waals surface area contributed by atoms with Crippen molar-refractivity contribution in [1.29, 1.82) is 0 Å². The van der Waals surface area contributed by atoms with E-state index in [1.54, 1.807) is 0 Å². The van der Waals surface area contributed by atoms with Gasteiger partial charge in [0, 0.05) is 6.42 Å². The maximum Gasteiger partial charge on any atom is 0.120 e. The van der Waals surface area contributed by atoms with E-state index in [2.05, 4.69) is 31.2 Å². The molecule has 0 spiro atoms. The number of carbonyl (C=O) groups is 1. The van der Waals surface area contributed by atoms with Crippen molar-refractivity contribution in [1.82, 2.24) is 0 Å². The summed E-state index contributed by atoms with van der Waals surface area (Å²) in [6.45, 7) is 2.11. The number of aryl methyl sites for hydroxylation is 1. The van der Waals surface area contributed by atoms with Crippen molar-refractivity contribution in [2.75, 3.05) is 0 Å². The van der Waals surface area contributed by atoms with Crippen molar-refractivity contribution in [2.45, 2.75) is 32.1 Å². The fourth-order valence-electron chi connectivity index (χ4n) is 2.18. The van der Waals surface area contributed by atoms with Gasteiger partial charge in [-0.25, -0.2) is 0 Å². The molecule has 0 atom stereocenters. The predicted octanol–water partition coefficient (Wildman–Crippen LogP) is 3.08. The Morgan fingerprint density at radius 1 is 1.29 bits per heavy atom. The number of hydrogen-bond donors (Lipinski definition) is 0. The van der Waals surface area contributed by atoms with Gasteiger partial charge in [0.05, 0.1) is 0 Å². The molecule has 1 heteroatoms. The monoisotopic (exact) mass is 188 g/mol. The van der Waals surface area contributed by atoms with Crippen molar-refractivity contribution >= 4 is 6.29 Å². The molecular formula is C13H16O. The van der Waals surface area contributed by atoms with E-state index in [0.29, 0.717) is 11.8 Å². The standard InChI is InChI=1S/C13H16O/c1-10-2-4-12(5-3-10)13-8-11(9-13)6-7-14/h2-5,7,11,13H,6,8-9H2,1H3. The third-order valence-electron chi connectivity index (χ3n) is 3.21. The topological polar surface area (TPSA) is 17.1 Å². The van der Waals surface area contributed by atoms with Crippen LogP contribution in [-0.2, 0) is 4.79 Å². The second-order valence-electron chi connectivity index (χ2n) is 4.35. The predicted molar refractivity (Wildman–Crippen MR) is 57.3 cm³/mol. The lowest BCUT2D eigenvalue weighted by Gasteiger charge is -2.34. The molecule has 0 radical (unpaired) electrons. The SMILES string of the molecule is Cc1ccc(C2CC(CC=O)C2)cc1. The molecule has 0 aliphatic heterocycles. The Hall–Kier alpha value is -1.11. The van der Waals surface area contributed by atoms with E-state index in [-0.39, 0.29) is 0 Å². The van der Waals surface area contributed by atoms with E-state index in [4.69, 9.17) is 0 Å². The summed E-state index contributed by atoms with van der Waals surface area (Å²) < 4.78 is 0. The molecule has 0 bridgehead atoms. The molecule has 1 nitrogen and oxygen atoms in total. The quantitative estimate of drug-likeness (QED) is 0.666. The lowest BCUT2D eigenvalue weighted by Crippen LogP contribution is -2.22. The second kappa shape index (κ2) is 3.95. The summed E-state index contributed by atoms with van der Waals surface area (Å²) in [4.78, 5) is 10.3. The Morgan fingerprint density at radius 2 is 1.93 bits per heavy atom. The zero-order valence-electron chi connectivity index (χ0n) is 8.57. The number of hydrogen-bond acceptors (Lipinski definition) is 1. The Bertz CT molecular complexity index is 307. The minimum absolute atomic E-state index is 0.652. The first kappa shape index (κ1) is 9.45. The van der Waals surface area contributed by atoms with E-state index in [1.807, 2.05) is 0 Å². The Kier molecular flexibility index (Phi) is 2.67. The summed E-state index contributed by atoms with van der Waals surface area (Å²) in [6, 6.07) is 8.78. The highest BCUT2D eigenvalue weighted by molar-refractivity contribution is 5.50. The molecule has 1 aliphatic rings. The summed E-state index contributed by atoms with van der Waals surface area (Å²) in [7, 11) is 0. The van der Waals surface area contributed by atoms with E-state index < -0.39 is 0 Å². The van der Waals surface area contributed by atoms with Crippen molar-refractivity contribution in [2.24, 2.45) is 5.92 Å². The van der Waals surface area contributed by atoms with Crippen LogP contribution in [0.4, 0.5) is 0 Å². The number of carbonyl (C=O) groups excluding carboxylic acids is 1. The molecule has 0 aromatic heterocycles. The zero-order valence-corrected chi connectivity index (χ0v) is 8.57. The normalized spacial score (nSPS) is 25.5. The van der Waals surface area contributed by atoms with Crippen molar-refractivity contribution in [3.63, 3.8) is 0 Å². The molecule has 0 amide bonds. The third kappa shape index (κ3) is 1.87. The van der Waals surface area contributed by atoms with Crippen LogP contribution in [0.15, 0.2) is 24.3 Å². The van der Waals surface area contributed by atoms with Crippen LogP contribution >= 0.6 is 0 Å². The fraction of sp³-hybridized carbons (Fsp3) is 0.462. The van der Waals surface area contributed by atoms with Crippen LogP contribution < -0.4 is 0 Å². The minimum atomic E-state index is 0.652. The summed E-state index contributed by atoms with van der Waals surface area (Å²) >= 11 is 0. The molecule has 1 aliphatic carbocycles. The van der Waals surface area contributed by atoms with E-state index in [1.165, 1.54) is 24.0 Å². The fourth-order valence-corrected chi connectivity index (χ4v) is 2.18. The van der Waals surface area contributed by atoms with Gasteiger partial charge >= 0.3 is 0 Å². The highest BCUT2D eigenvalue weighted by Crippen LogP contribution is 2.42. The van der Waals surface area contributed by atoms with Crippen molar-refractivity contribution in [3.8, 4) is 0 Å². The molecule has 1 saturated carbocycles. The average Bonchev–Trinajstić information content (AvgIpc) is 2.13. The van der Waals surface area contributed by atoms with Gasteiger partial charge in [0.2, 0.25) is 0 Å². The molecule has 1 aromatic carbocycles. The summed E-state index contributed by atoms with van der Waals surface area (Å²) in [5.74, 6) is 1.36. The van der Waals surface area contributed by atoms with Crippen LogP contribution in [0.3, 0.4) is 0 Å². The van der Waals surface area contributed by atoms with E-state index >= 15 is 0 Å². The third-order valence-corrected chi connectivity index (χ3v) is 3.21. The first-order valence-electron chi connectivity index (χ1n) is 5.30. The number of rotatable bonds is 3. The molecule has 0 N–H and O–H groups in total. The van der Waals surface area contributed by atoms with Gasteiger partial charge in [0.15, 0.2) is 0 Å². The van der Waals surface area contributed by atoms with Gasteiger partial charge in [-0.2, -0.15) is 0 Å². The Labute approximate surface area is 85.1 Å². The van der Waals surface area contributed by atoms with Crippen LogP contribution in [0.2, 0.25) is 0 Å². The van der Waals surface area contributed by atoms with Crippen LogP contribution in [0.5, 0.6) is 0 Å². The van der Waals surface area contributed by atoms with Crippen LogP contribution in [0.25, 0.3) is 0 Å². The molecule has 1 aromatic rings. The first-order chi connectivity index (χ1) is 6.79. The maximum absolute atomic E-state index is 10.3. The molecule has 2 rings (SSSR count). The molecule has 14 heavy (non-hydrogen) atoms. The minimum Gasteiger partial charge on any atom is -0.303 e. The first-order valence-corrected chi connectivity index (χ1v) is 5.30. The van der Waals surface area contributed by atoms with Crippen LogP contribution in [-0.4, -0.2) is 6.29 Å².